The fourth-order valence-electron chi connectivity index (χ4n) is 16.9. The number of aliphatic hydroxyl groups excluding tert-OH is 1. The largest absolute Gasteiger partial charge is 0.467 e. The second-order valence-corrected chi connectivity index (χ2v) is 32.9. The molecule has 141 heavy (non-hydrogen) atoms. The van der Waals surface area contributed by atoms with Gasteiger partial charge >= 0.3 is 35.8 Å². The predicted octanol–water partition coefficient (Wildman–Crippen LogP) is 13.9. The summed E-state index contributed by atoms with van der Waals surface area (Å²) in [5.74, 6) is -6.13. The van der Waals surface area contributed by atoms with E-state index in [-0.39, 0.29) is 55.3 Å². The van der Waals surface area contributed by atoms with E-state index in [1.807, 2.05) is 48.5 Å². The van der Waals surface area contributed by atoms with Gasteiger partial charge in [0.2, 0.25) is 0 Å². The average molecular weight is 1930 g/mol. The average Bonchev–Trinajstić information content (AvgIpc) is 0.752. The molecule has 15 rings (SSSR count). The lowest BCUT2D eigenvalue weighted by molar-refractivity contribution is -0.381. The molecular weight excluding hydrogens is 1830 g/mol. The van der Waals surface area contributed by atoms with Crippen LogP contribution in [0.25, 0.3) is 31.3 Å². The lowest BCUT2D eigenvalue weighted by atomic mass is 9.93. The summed E-state index contributed by atoms with van der Waals surface area (Å²) >= 11 is 0. The first-order chi connectivity index (χ1) is 69.1. The van der Waals surface area contributed by atoms with E-state index in [4.69, 9.17) is 104 Å². The number of nitrogens with zero attached hydrogens (tertiary/aromatic N) is 9. The van der Waals surface area contributed by atoms with Crippen LogP contribution in [0.5, 0.6) is 0 Å². The molecule has 38 nitrogen and oxygen atoms in total. The number of carbonyl (C=O) groups is 6. The molecular formula is C103H103N9O29. The van der Waals surface area contributed by atoms with E-state index in [0.29, 0.717) is 33.4 Å². The maximum Gasteiger partial charge on any atom is 0.338 e. The standard InChI is InChI=1S/C103H103N9O29/c1-120-97(118)89-87(138-100-77(108-111-105)82(124-56-64-36-16-5-17-37-64)79(123-55-63-34-14-4-15-35-63)74(133-100)61-129-93(114)69-46-26-10-27-47-69)85(126-58-66-40-20-7-21-41-66)91(128-60-68-44-24-9-25-45-68)102(140-89)136-80-73(54-113)131-101(78(109-112-106)84(80)134-95(116)71-50-30-12-31-51-71)139-88-86(127-59-67-42-22-8-23-43-67)92(135-96(117)72-52-32-13-33-53-72)103(141-90(88)98(119)121-2)137-81-75(62-130-94(115)70-48-28-11-29-49-70)132-99(122-3)76(107-110-104)83(81)125-57-65-38-18-6-19-39-65/h4-53,73-92,99-103,113H,54-62H2,1-3H3/t73?,74?,75?,76-,77?,78-,79+,80+,81+,82+,83?,84?,85-,86+,87-,88-,89?,90?,91?,92?,99-,100+,101-,102+,103+/m0/s1. The summed E-state index contributed by atoms with van der Waals surface area (Å²) < 4.78 is 147. The zero-order valence-electron chi connectivity index (χ0n) is 76.6. The second kappa shape index (κ2) is 51.4. The van der Waals surface area contributed by atoms with Gasteiger partial charge in [0.1, 0.15) is 117 Å². The Labute approximate surface area is 809 Å². The van der Waals surface area contributed by atoms with E-state index in [0.717, 1.165) is 14.2 Å². The van der Waals surface area contributed by atoms with E-state index < -0.39 is 216 Å². The Morgan fingerprint density at radius 3 is 0.894 bits per heavy atom. The highest BCUT2D eigenvalue weighted by Crippen LogP contribution is 2.43. The summed E-state index contributed by atoms with van der Waals surface area (Å²) in [6, 6.07) is 79.4. The van der Waals surface area contributed by atoms with Crippen molar-refractivity contribution in [3.63, 3.8) is 0 Å². The SMILES string of the molecule is COC(=O)C1O[C@@H](O[C@@H]2C(CO)O[C@@H](O[C@@H]3C(C(=O)OC)O[C@@H](O[C@@H]4C(COC(=O)c5ccccc5)O[C@H](OC)[C@@H](N=[N+]=[N-])C4OCc4ccccc4)C(OC(=O)c4ccccc4)[C@@H]3OCc3ccccc3)[C@@H](N=[N+]=[N-])C2OC(=O)c2ccccc2)C(OCc2ccccc2)[C@@H](OCc2ccccc2)[C@@H]1O[C@H]1OC(COC(=O)c2ccccc2)[C@@H](OCc2ccccc2)[C@H](OCc2ccccc2)C1N=[N+]=[N-]. The van der Waals surface area contributed by atoms with Gasteiger partial charge < -0.3 is 109 Å². The molecule has 0 saturated carbocycles. The van der Waals surface area contributed by atoms with Crippen molar-refractivity contribution in [3.8, 4) is 0 Å². The van der Waals surface area contributed by atoms with Gasteiger partial charge in [0.25, 0.3) is 0 Å². The predicted molar refractivity (Wildman–Crippen MR) is 495 cm³/mol. The van der Waals surface area contributed by atoms with Crippen LogP contribution in [0.2, 0.25) is 0 Å². The van der Waals surface area contributed by atoms with Crippen molar-refractivity contribution < 1.29 is 138 Å². The first-order valence-corrected chi connectivity index (χ1v) is 45.3. The minimum absolute atomic E-state index is 0.0417. The Morgan fingerprint density at radius 2 is 0.546 bits per heavy atom. The minimum Gasteiger partial charge on any atom is -0.467 e. The maximum atomic E-state index is 15.4. The third-order valence-corrected chi connectivity index (χ3v) is 23.8. The number of hydrogen-bond donors (Lipinski definition) is 1. The number of methoxy groups -OCH3 is 3. The van der Waals surface area contributed by atoms with E-state index in [2.05, 4.69) is 30.1 Å². The van der Waals surface area contributed by atoms with Crippen LogP contribution in [-0.2, 0) is 153 Å². The molecule has 10 aromatic carbocycles. The van der Waals surface area contributed by atoms with Crippen LogP contribution < -0.4 is 0 Å². The molecule has 5 aliphatic heterocycles. The van der Waals surface area contributed by atoms with Crippen LogP contribution in [0.4, 0.5) is 0 Å². The van der Waals surface area contributed by atoms with Gasteiger partial charge in [-0.1, -0.05) is 270 Å². The van der Waals surface area contributed by atoms with E-state index in [1.165, 1.54) is 55.6 Å². The smallest absolute Gasteiger partial charge is 0.338 e. The lowest BCUT2D eigenvalue weighted by Gasteiger charge is -2.51. The number of ether oxygens (including phenoxy) is 22. The number of benzene rings is 10. The number of aliphatic hydroxyl groups is 1. The van der Waals surface area contributed by atoms with Crippen molar-refractivity contribution in [1.82, 2.24) is 0 Å². The molecule has 734 valence electrons. The van der Waals surface area contributed by atoms with Crippen LogP contribution >= 0.6 is 0 Å². The molecule has 0 bridgehead atoms. The van der Waals surface area contributed by atoms with Gasteiger partial charge in [-0.3, -0.25) is 0 Å². The van der Waals surface area contributed by atoms with E-state index in [9.17, 15) is 31.3 Å². The number of hydrogen-bond acceptors (Lipinski definition) is 32. The summed E-state index contributed by atoms with van der Waals surface area (Å²) in [6.07, 6.45) is -39.9. The Kier molecular flexibility index (Phi) is 37.1. The van der Waals surface area contributed by atoms with Gasteiger partial charge in [-0.05, 0) is 98.5 Å². The molecule has 25 atom stereocenters. The van der Waals surface area contributed by atoms with Crippen molar-refractivity contribution >= 4 is 35.8 Å². The van der Waals surface area contributed by atoms with Gasteiger partial charge in [-0.25, -0.2) is 28.8 Å². The fraction of sp³-hybridized carbons (Fsp3) is 0.359. The monoisotopic (exact) mass is 1930 g/mol. The zero-order chi connectivity index (χ0) is 98.2. The van der Waals surface area contributed by atoms with Gasteiger partial charge in [0.05, 0.1) is 82.7 Å². The summed E-state index contributed by atoms with van der Waals surface area (Å²) in [6.45, 7) is -3.74. The first-order valence-electron chi connectivity index (χ1n) is 45.3. The van der Waals surface area contributed by atoms with E-state index in [1.54, 1.807) is 206 Å². The Morgan fingerprint density at radius 1 is 0.284 bits per heavy atom. The molecule has 5 saturated heterocycles. The fourth-order valence-corrected chi connectivity index (χ4v) is 16.9. The topological polar surface area (TPSA) is 472 Å². The second-order valence-electron chi connectivity index (χ2n) is 32.9. The molecule has 0 spiro atoms. The number of esters is 6. The van der Waals surface area contributed by atoms with Crippen LogP contribution in [-0.4, -0.2) is 235 Å². The molecule has 0 aliphatic carbocycles. The normalized spacial score (nSPS) is 27.4. The van der Waals surface area contributed by atoms with Crippen molar-refractivity contribution in [2.75, 3.05) is 41.2 Å². The first kappa shape index (κ1) is 102. The molecule has 0 radical (unpaired) electrons. The van der Waals surface area contributed by atoms with Crippen LogP contribution in [0.3, 0.4) is 0 Å². The number of rotatable bonds is 43. The highest BCUT2D eigenvalue weighted by molar-refractivity contribution is 5.91. The zero-order valence-corrected chi connectivity index (χ0v) is 76.6. The Balaban J connectivity index is 0.837. The van der Waals surface area contributed by atoms with Crippen LogP contribution in [0.15, 0.2) is 319 Å². The van der Waals surface area contributed by atoms with Gasteiger partial charge in [0, 0.05) is 21.8 Å². The van der Waals surface area contributed by atoms with Crippen molar-refractivity contribution in [2.45, 2.75) is 193 Å². The van der Waals surface area contributed by atoms with Crippen LogP contribution in [0.1, 0.15) is 74.8 Å². The summed E-state index contributed by atoms with van der Waals surface area (Å²) in [5.41, 5.74) is 36.1. The molecule has 5 aliphatic rings. The van der Waals surface area contributed by atoms with Crippen LogP contribution in [0, 0.1) is 0 Å². The molecule has 10 unspecified atom stereocenters. The Hall–Kier alpha value is -13.7. The molecule has 10 aromatic rings. The third kappa shape index (κ3) is 26.5. The summed E-state index contributed by atoms with van der Waals surface area (Å²) in [4.78, 5) is 99.4. The van der Waals surface area contributed by atoms with Gasteiger partial charge in [0.15, 0.2) is 49.8 Å². The van der Waals surface area contributed by atoms with Crippen molar-refractivity contribution in [2.24, 2.45) is 15.3 Å². The molecule has 0 amide bonds. The molecule has 1 N–H and O–H groups in total. The quantitative estimate of drug-likeness (QED) is 0.0122. The minimum atomic E-state index is -2.21. The highest BCUT2D eigenvalue weighted by Gasteiger charge is 2.62. The highest BCUT2D eigenvalue weighted by atomic mass is 16.8. The van der Waals surface area contributed by atoms with Gasteiger partial charge in [-0.15, -0.1) is 0 Å². The Bertz CT molecular complexity index is 5790. The molecule has 5 fully saturated rings. The van der Waals surface area contributed by atoms with Crippen molar-refractivity contribution in [3.05, 3.63) is 390 Å². The summed E-state index contributed by atoms with van der Waals surface area (Å²) in [7, 11) is 3.36. The molecule has 0 aromatic heterocycles. The third-order valence-electron chi connectivity index (χ3n) is 23.8. The van der Waals surface area contributed by atoms with Crippen molar-refractivity contribution in [1.29, 1.82) is 0 Å². The molecule has 5 heterocycles. The number of azide groups is 3. The van der Waals surface area contributed by atoms with Gasteiger partial charge in [-0.2, -0.15) is 0 Å². The molecule has 38 heteroatoms. The maximum absolute atomic E-state index is 15.4. The lowest BCUT2D eigenvalue weighted by Crippen LogP contribution is -2.69. The number of carbonyl (C=O) groups excluding carboxylic acids is 6. The van der Waals surface area contributed by atoms with E-state index >= 15 is 19.2 Å². The summed E-state index contributed by atoms with van der Waals surface area (Å²) in [5, 5.41) is 25.0.